The average Bonchev–Trinajstić information content (AvgIpc) is 3.52. The highest BCUT2D eigenvalue weighted by atomic mass is 19.1. The molecular formula is C27H22FN3O3. The maximum atomic E-state index is 13.6. The van der Waals surface area contributed by atoms with E-state index in [4.69, 9.17) is 0 Å². The van der Waals surface area contributed by atoms with Crippen LogP contribution in [0.25, 0.3) is 10.9 Å². The van der Waals surface area contributed by atoms with Crippen LogP contribution in [0.2, 0.25) is 0 Å². The van der Waals surface area contributed by atoms with Gasteiger partial charge in [0.2, 0.25) is 17.7 Å². The Hall–Kier alpha value is -3.87. The Balaban J connectivity index is 1.29. The van der Waals surface area contributed by atoms with E-state index in [0.717, 1.165) is 17.3 Å². The van der Waals surface area contributed by atoms with E-state index in [1.165, 1.54) is 29.2 Å². The van der Waals surface area contributed by atoms with Gasteiger partial charge in [0, 0.05) is 17.3 Å². The van der Waals surface area contributed by atoms with Crippen molar-refractivity contribution in [3.05, 3.63) is 84.3 Å². The minimum absolute atomic E-state index is 0.0744. The molecule has 1 aromatic heterocycles. The first kappa shape index (κ1) is 20.7. The second-order valence-corrected chi connectivity index (χ2v) is 9.28. The van der Waals surface area contributed by atoms with E-state index in [-0.39, 0.29) is 47.8 Å². The number of likely N-dealkylation sites (tertiary alicyclic amines) is 1. The zero-order valence-electron chi connectivity index (χ0n) is 18.2. The summed E-state index contributed by atoms with van der Waals surface area (Å²) in [7, 11) is 0. The van der Waals surface area contributed by atoms with Gasteiger partial charge in [-0.25, -0.2) is 4.39 Å². The Bertz CT molecular complexity index is 1320. The van der Waals surface area contributed by atoms with Gasteiger partial charge in [0.1, 0.15) is 5.82 Å². The van der Waals surface area contributed by atoms with Crippen LogP contribution in [0.1, 0.15) is 24.4 Å². The number of allylic oxidation sites excluding steroid dienone is 2. The smallest absolute Gasteiger partial charge is 0.234 e. The van der Waals surface area contributed by atoms with Crippen LogP contribution in [0.3, 0.4) is 0 Å². The summed E-state index contributed by atoms with van der Waals surface area (Å²) in [6.45, 7) is 0. The number of pyridine rings is 1. The van der Waals surface area contributed by atoms with Crippen LogP contribution in [0.5, 0.6) is 0 Å². The highest BCUT2D eigenvalue weighted by Gasteiger charge is 2.60. The normalized spacial score (nSPS) is 25.7. The highest BCUT2D eigenvalue weighted by Crippen LogP contribution is 2.54. The van der Waals surface area contributed by atoms with Gasteiger partial charge in [-0.3, -0.25) is 24.3 Å². The Morgan fingerprint density at radius 2 is 1.74 bits per heavy atom. The molecule has 3 aromatic rings. The molecule has 0 spiro atoms. The number of amides is 3. The summed E-state index contributed by atoms with van der Waals surface area (Å²) in [6, 6.07) is 14.0. The van der Waals surface area contributed by atoms with Crippen LogP contribution in [-0.2, 0) is 14.4 Å². The molecule has 1 aliphatic heterocycles. The molecule has 2 bridgehead atoms. The fourth-order valence-electron chi connectivity index (χ4n) is 5.82. The van der Waals surface area contributed by atoms with Gasteiger partial charge < -0.3 is 5.32 Å². The maximum Gasteiger partial charge on any atom is 0.234 e. The SMILES string of the molecule is O=C(CC(c1ccc(F)cc1)N1C(=O)C2C3C=CC(C3)C2C1=O)Nc1ccc2ncccc2c1. The fourth-order valence-corrected chi connectivity index (χ4v) is 5.82. The monoisotopic (exact) mass is 455 g/mol. The van der Waals surface area contributed by atoms with Crippen LogP contribution in [0.4, 0.5) is 10.1 Å². The lowest BCUT2D eigenvalue weighted by Gasteiger charge is -2.28. The summed E-state index contributed by atoms with van der Waals surface area (Å²) in [5, 5.41) is 3.76. The number of hydrogen-bond donors (Lipinski definition) is 1. The Labute approximate surface area is 195 Å². The average molecular weight is 455 g/mol. The van der Waals surface area contributed by atoms with Crippen LogP contribution in [0, 0.1) is 29.5 Å². The van der Waals surface area contributed by atoms with E-state index in [1.807, 2.05) is 36.4 Å². The van der Waals surface area contributed by atoms with Crippen molar-refractivity contribution in [3.63, 3.8) is 0 Å². The van der Waals surface area contributed by atoms with Crippen LogP contribution >= 0.6 is 0 Å². The van der Waals surface area contributed by atoms with Crippen molar-refractivity contribution in [2.45, 2.75) is 18.9 Å². The first-order valence-corrected chi connectivity index (χ1v) is 11.4. The lowest BCUT2D eigenvalue weighted by molar-refractivity contribution is -0.144. The summed E-state index contributed by atoms with van der Waals surface area (Å²) < 4.78 is 13.6. The van der Waals surface area contributed by atoms with E-state index in [9.17, 15) is 18.8 Å². The molecular weight excluding hydrogens is 433 g/mol. The number of rotatable bonds is 5. The van der Waals surface area contributed by atoms with E-state index in [0.29, 0.717) is 11.3 Å². The fraction of sp³-hybridized carbons (Fsp3) is 0.259. The summed E-state index contributed by atoms with van der Waals surface area (Å²) in [5.74, 6) is -1.79. The lowest BCUT2D eigenvalue weighted by Crippen LogP contribution is -2.38. The highest BCUT2D eigenvalue weighted by molar-refractivity contribution is 6.07. The number of benzene rings is 2. The van der Waals surface area contributed by atoms with Crippen molar-refractivity contribution >= 4 is 34.3 Å². The molecule has 1 N–H and O–H groups in total. The second kappa shape index (κ2) is 7.87. The molecule has 2 aromatic carbocycles. The van der Waals surface area contributed by atoms with Gasteiger partial charge in [-0.15, -0.1) is 0 Å². The molecule has 1 saturated carbocycles. The van der Waals surface area contributed by atoms with Gasteiger partial charge in [-0.2, -0.15) is 0 Å². The number of anilines is 1. The summed E-state index contributed by atoms with van der Waals surface area (Å²) in [6.07, 6.45) is 6.49. The number of imide groups is 1. The summed E-state index contributed by atoms with van der Waals surface area (Å²) >= 11 is 0. The first-order chi connectivity index (χ1) is 16.5. The molecule has 2 aliphatic carbocycles. The molecule has 2 heterocycles. The van der Waals surface area contributed by atoms with Crippen molar-refractivity contribution in [1.29, 1.82) is 0 Å². The molecule has 1 saturated heterocycles. The third-order valence-corrected chi connectivity index (χ3v) is 7.34. The topological polar surface area (TPSA) is 79.4 Å². The molecule has 34 heavy (non-hydrogen) atoms. The molecule has 0 radical (unpaired) electrons. The van der Waals surface area contributed by atoms with E-state index in [2.05, 4.69) is 10.3 Å². The third-order valence-electron chi connectivity index (χ3n) is 7.34. The van der Waals surface area contributed by atoms with Gasteiger partial charge in [0.05, 0.1) is 29.8 Å². The third kappa shape index (κ3) is 3.31. The quantitative estimate of drug-likeness (QED) is 0.461. The van der Waals surface area contributed by atoms with E-state index in [1.54, 1.807) is 12.3 Å². The standard InChI is InChI=1S/C27H22FN3O3/c28-19-7-5-15(6-8-19)22(31-26(33)24-17-3-4-18(12-17)25(24)27(31)34)14-23(32)30-20-9-10-21-16(13-20)2-1-11-29-21/h1-11,13,17-18,22,24-25H,12,14H2,(H,30,32). The number of fused-ring (bicyclic) bond motifs is 6. The second-order valence-electron chi connectivity index (χ2n) is 9.28. The largest absolute Gasteiger partial charge is 0.326 e. The van der Waals surface area contributed by atoms with Gasteiger partial charge in [0.15, 0.2) is 0 Å². The van der Waals surface area contributed by atoms with Crippen LogP contribution in [-0.4, -0.2) is 27.6 Å². The van der Waals surface area contributed by atoms with Gasteiger partial charge in [-0.1, -0.05) is 30.4 Å². The number of aromatic nitrogens is 1. The molecule has 2 fully saturated rings. The number of nitrogens with zero attached hydrogens (tertiary/aromatic N) is 2. The maximum absolute atomic E-state index is 13.6. The van der Waals surface area contributed by atoms with Gasteiger partial charge in [-0.05, 0) is 60.2 Å². The molecule has 6 rings (SSSR count). The van der Waals surface area contributed by atoms with Crippen molar-refractivity contribution in [1.82, 2.24) is 9.88 Å². The minimum atomic E-state index is -0.798. The number of nitrogens with one attached hydrogen (secondary N) is 1. The molecule has 6 nitrogen and oxygen atoms in total. The van der Waals surface area contributed by atoms with Gasteiger partial charge in [0.25, 0.3) is 0 Å². The van der Waals surface area contributed by atoms with Crippen LogP contribution in [0.15, 0.2) is 72.9 Å². The molecule has 5 atom stereocenters. The summed E-state index contributed by atoms with van der Waals surface area (Å²) in [5.41, 5.74) is 1.97. The molecule has 170 valence electrons. The lowest BCUT2D eigenvalue weighted by atomic mass is 9.85. The van der Waals surface area contributed by atoms with Crippen molar-refractivity contribution in [2.75, 3.05) is 5.32 Å². The van der Waals surface area contributed by atoms with Crippen molar-refractivity contribution in [3.8, 4) is 0 Å². The Morgan fingerprint density at radius 3 is 2.44 bits per heavy atom. The van der Waals surface area contributed by atoms with Crippen molar-refractivity contribution in [2.24, 2.45) is 23.7 Å². The molecule has 3 aliphatic rings. The summed E-state index contributed by atoms with van der Waals surface area (Å²) in [4.78, 5) is 45.5. The molecule has 3 amide bonds. The molecule has 7 heteroatoms. The number of carbonyl (C=O) groups excluding carboxylic acids is 3. The number of hydrogen-bond acceptors (Lipinski definition) is 4. The van der Waals surface area contributed by atoms with E-state index >= 15 is 0 Å². The van der Waals surface area contributed by atoms with E-state index < -0.39 is 11.9 Å². The Kier molecular flexibility index (Phi) is 4.79. The zero-order chi connectivity index (χ0) is 23.4. The Morgan fingerprint density at radius 1 is 1.03 bits per heavy atom. The van der Waals surface area contributed by atoms with Gasteiger partial charge >= 0.3 is 0 Å². The zero-order valence-corrected chi connectivity index (χ0v) is 18.2. The first-order valence-electron chi connectivity index (χ1n) is 11.4. The van der Waals surface area contributed by atoms with Crippen molar-refractivity contribution < 1.29 is 18.8 Å². The minimum Gasteiger partial charge on any atom is -0.326 e. The van der Waals surface area contributed by atoms with Crippen LogP contribution < -0.4 is 5.32 Å². The predicted octanol–water partition coefficient (Wildman–Crippen LogP) is 4.25. The predicted molar refractivity (Wildman–Crippen MR) is 124 cm³/mol. The molecule has 5 unspecified atom stereocenters. The number of carbonyl (C=O) groups is 3. The number of halogens is 1.